The third-order valence-corrected chi connectivity index (χ3v) is 2.81. The van der Waals surface area contributed by atoms with E-state index >= 15 is 0 Å². The highest BCUT2D eigenvalue weighted by Crippen LogP contribution is 2.30. The van der Waals surface area contributed by atoms with Crippen LogP contribution in [0.15, 0.2) is 12.1 Å². The summed E-state index contributed by atoms with van der Waals surface area (Å²) >= 11 is 0. The molecule has 1 aliphatic heterocycles. The van der Waals surface area contributed by atoms with Crippen molar-refractivity contribution in [2.75, 3.05) is 0 Å². The lowest BCUT2D eigenvalue weighted by molar-refractivity contribution is 0.0443. The Balaban J connectivity index is 0.000000771. The summed E-state index contributed by atoms with van der Waals surface area (Å²) in [5, 5.41) is 0. The molecule has 3 nitrogen and oxygen atoms in total. The third kappa shape index (κ3) is 2.45. The van der Waals surface area contributed by atoms with Crippen LogP contribution < -0.4 is 0 Å². The first kappa shape index (κ1) is 14.4. The highest BCUT2D eigenvalue weighted by atomic mass is 16.6. The van der Waals surface area contributed by atoms with E-state index in [1.54, 1.807) is 6.07 Å². The fourth-order valence-corrected chi connectivity index (χ4v) is 1.84. The Morgan fingerprint density at radius 3 is 2.06 bits per heavy atom. The van der Waals surface area contributed by atoms with E-state index < -0.39 is 11.9 Å². The average molecular weight is 248 g/mol. The molecule has 2 rings (SSSR count). The summed E-state index contributed by atoms with van der Waals surface area (Å²) in [7, 11) is 0. The lowest BCUT2D eigenvalue weighted by atomic mass is 9.84. The van der Waals surface area contributed by atoms with Crippen molar-refractivity contribution < 1.29 is 14.3 Å². The lowest BCUT2D eigenvalue weighted by Crippen LogP contribution is -2.13. The van der Waals surface area contributed by atoms with Crippen molar-refractivity contribution in [1.29, 1.82) is 0 Å². The molecule has 1 aromatic rings. The van der Waals surface area contributed by atoms with Gasteiger partial charge in [0.05, 0.1) is 11.1 Å². The molecule has 0 N–H and O–H groups in total. The standard InChI is InChI=1S/C13H14O3.C2H6/c1-7-5-8(13(2,3)4)6-9-10(7)12(15)16-11(9)14;1-2/h5-6H,1-4H3;1-2H3. The van der Waals surface area contributed by atoms with Crippen LogP contribution in [0, 0.1) is 6.92 Å². The molecule has 0 amide bonds. The summed E-state index contributed by atoms with van der Waals surface area (Å²) in [4.78, 5) is 22.9. The van der Waals surface area contributed by atoms with Crippen LogP contribution in [0.3, 0.4) is 0 Å². The van der Waals surface area contributed by atoms with Crippen LogP contribution in [0.25, 0.3) is 0 Å². The first-order valence-corrected chi connectivity index (χ1v) is 6.22. The van der Waals surface area contributed by atoms with Crippen molar-refractivity contribution in [3.8, 4) is 0 Å². The van der Waals surface area contributed by atoms with Crippen molar-refractivity contribution in [3.63, 3.8) is 0 Å². The molecule has 0 atom stereocenters. The van der Waals surface area contributed by atoms with Crippen LogP contribution in [0.5, 0.6) is 0 Å². The number of hydrogen-bond acceptors (Lipinski definition) is 3. The molecule has 0 saturated heterocycles. The molecule has 98 valence electrons. The molecule has 0 unspecified atom stereocenters. The predicted molar refractivity (Wildman–Crippen MR) is 71.0 cm³/mol. The summed E-state index contributed by atoms with van der Waals surface area (Å²) in [5.74, 6) is -1.06. The van der Waals surface area contributed by atoms with Gasteiger partial charge in [-0.2, -0.15) is 0 Å². The smallest absolute Gasteiger partial charge is 0.347 e. The zero-order valence-electron chi connectivity index (χ0n) is 11.9. The molecular formula is C15H20O3. The molecule has 0 aromatic heterocycles. The molecule has 3 heteroatoms. The second-order valence-electron chi connectivity index (χ2n) is 5.14. The maximum Gasteiger partial charge on any atom is 0.347 e. The van der Waals surface area contributed by atoms with Crippen LogP contribution in [-0.4, -0.2) is 11.9 Å². The van der Waals surface area contributed by atoms with Gasteiger partial charge in [0.15, 0.2) is 0 Å². The van der Waals surface area contributed by atoms with Crippen molar-refractivity contribution in [3.05, 3.63) is 34.4 Å². The number of esters is 2. The lowest BCUT2D eigenvalue weighted by Gasteiger charge is -2.20. The molecule has 18 heavy (non-hydrogen) atoms. The molecular weight excluding hydrogens is 228 g/mol. The molecule has 0 bridgehead atoms. The van der Waals surface area contributed by atoms with Gasteiger partial charge in [-0.25, -0.2) is 9.59 Å². The zero-order chi connectivity index (χ0) is 14.1. The Morgan fingerprint density at radius 1 is 1.00 bits per heavy atom. The van der Waals surface area contributed by atoms with Crippen molar-refractivity contribution in [2.45, 2.75) is 47.0 Å². The molecule has 1 heterocycles. The Morgan fingerprint density at radius 2 is 1.56 bits per heavy atom. The van der Waals surface area contributed by atoms with E-state index in [1.165, 1.54) is 0 Å². The van der Waals surface area contributed by atoms with E-state index in [-0.39, 0.29) is 5.41 Å². The van der Waals surface area contributed by atoms with Crippen LogP contribution in [-0.2, 0) is 10.2 Å². The van der Waals surface area contributed by atoms with Crippen LogP contribution in [0.2, 0.25) is 0 Å². The SMILES string of the molecule is CC.Cc1cc(C(C)(C)C)cc2c1C(=O)OC2=O. The summed E-state index contributed by atoms with van der Waals surface area (Å²) in [6, 6.07) is 3.70. The van der Waals surface area contributed by atoms with Gasteiger partial charge in [0, 0.05) is 0 Å². The Kier molecular flexibility index (Phi) is 3.95. The molecule has 0 spiro atoms. The first-order chi connectivity index (χ1) is 8.30. The fourth-order valence-electron chi connectivity index (χ4n) is 1.84. The van der Waals surface area contributed by atoms with Gasteiger partial charge in [-0.1, -0.05) is 40.7 Å². The molecule has 0 saturated carbocycles. The average Bonchev–Trinajstić information content (AvgIpc) is 2.56. The number of rotatable bonds is 0. The number of carbonyl (C=O) groups is 2. The number of aryl methyl sites for hydroxylation is 1. The molecule has 1 aliphatic rings. The van der Waals surface area contributed by atoms with Crippen molar-refractivity contribution >= 4 is 11.9 Å². The molecule has 0 fully saturated rings. The summed E-state index contributed by atoms with van der Waals surface area (Å²) in [5.41, 5.74) is 2.60. The fraction of sp³-hybridized carbons (Fsp3) is 0.467. The van der Waals surface area contributed by atoms with Gasteiger partial charge >= 0.3 is 11.9 Å². The molecule has 0 aliphatic carbocycles. The normalized spacial score (nSPS) is 13.7. The molecule has 0 radical (unpaired) electrons. The monoisotopic (exact) mass is 248 g/mol. The van der Waals surface area contributed by atoms with E-state index in [1.807, 2.05) is 26.8 Å². The van der Waals surface area contributed by atoms with E-state index in [9.17, 15) is 9.59 Å². The van der Waals surface area contributed by atoms with Crippen LogP contribution in [0.1, 0.15) is 66.5 Å². The second-order valence-corrected chi connectivity index (χ2v) is 5.14. The number of benzene rings is 1. The Hall–Kier alpha value is -1.64. The number of cyclic esters (lactones) is 2. The minimum Gasteiger partial charge on any atom is -0.386 e. The van der Waals surface area contributed by atoms with Gasteiger partial charge in [-0.15, -0.1) is 0 Å². The van der Waals surface area contributed by atoms with Gasteiger partial charge in [0.25, 0.3) is 0 Å². The highest BCUT2D eigenvalue weighted by molar-refractivity contribution is 6.15. The van der Waals surface area contributed by atoms with Gasteiger partial charge in [-0.05, 0) is 29.5 Å². The van der Waals surface area contributed by atoms with Gasteiger partial charge in [0.1, 0.15) is 0 Å². The Labute approximate surface area is 108 Å². The van der Waals surface area contributed by atoms with Crippen molar-refractivity contribution in [1.82, 2.24) is 0 Å². The summed E-state index contributed by atoms with van der Waals surface area (Å²) in [6.45, 7) is 12.0. The molecule has 1 aromatic carbocycles. The largest absolute Gasteiger partial charge is 0.386 e. The van der Waals surface area contributed by atoms with E-state index in [0.29, 0.717) is 11.1 Å². The second kappa shape index (κ2) is 4.92. The number of fused-ring (bicyclic) bond motifs is 1. The summed E-state index contributed by atoms with van der Waals surface area (Å²) in [6.07, 6.45) is 0. The van der Waals surface area contributed by atoms with Crippen LogP contribution >= 0.6 is 0 Å². The maximum atomic E-state index is 11.5. The predicted octanol–water partition coefficient (Wildman–Crippen LogP) is 3.63. The van der Waals surface area contributed by atoms with Gasteiger partial charge in [0.2, 0.25) is 0 Å². The zero-order valence-corrected chi connectivity index (χ0v) is 11.9. The number of hydrogen-bond donors (Lipinski definition) is 0. The maximum absolute atomic E-state index is 11.5. The van der Waals surface area contributed by atoms with E-state index in [4.69, 9.17) is 0 Å². The topological polar surface area (TPSA) is 43.4 Å². The van der Waals surface area contributed by atoms with Crippen LogP contribution in [0.4, 0.5) is 0 Å². The van der Waals surface area contributed by atoms with Gasteiger partial charge < -0.3 is 4.74 Å². The van der Waals surface area contributed by atoms with Crippen molar-refractivity contribution in [2.24, 2.45) is 0 Å². The van der Waals surface area contributed by atoms with E-state index in [2.05, 4.69) is 25.5 Å². The quantitative estimate of drug-likeness (QED) is 0.520. The van der Waals surface area contributed by atoms with E-state index in [0.717, 1.165) is 11.1 Å². The van der Waals surface area contributed by atoms with Gasteiger partial charge in [-0.3, -0.25) is 0 Å². The minimum absolute atomic E-state index is 0.0499. The third-order valence-electron chi connectivity index (χ3n) is 2.81. The summed E-state index contributed by atoms with van der Waals surface area (Å²) < 4.78 is 4.60. The highest BCUT2D eigenvalue weighted by Gasteiger charge is 2.32. The minimum atomic E-state index is -0.533. The number of ether oxygens (including phenoxy) is 1. The number of carbonyl (C=O) groups excluding carboxylic acids is 2. The first-order valence-electron chi connectivity index (χ1n) is 6.22. The Bertz CT molecular complexity index is 493.